The summed E-state index contributed by atoms with van der Waals surface area (Å²) in [4.78, 5) is 11.9. The molecule has 0 spiro atoms. The average molecular weight is 248 g/mol. The van der Waals surface area contributed by atoms with Gasteiger partial charge in [-0.2, -0.15) is 0 Å². The summed E-state index contributed by atoms with van der Waals surface area (Å²) < 4.78 is 0. The third-order valence-electron chi connectivity index (χ3n) is 3.00. The Morgan fingerprint density at radius 3 is 2.28 bits per heavy atom. The molecule has 0 heterocycles. The van der Waals surface area contributed by atoms with Crippen LogP contribution >= 0.6 is 0 Å². The van der Waals surface area contributed by atoms with Crippen molar-refractivity contribution in [3.63, 3.8) is 0 Å². The van der Waals surface area contributed by atoms with Gasteiger partial charge in [-0.1, -0.05) is 43.7 Å². The number of nitrogens with one attached hydrogen (secondary N) is 1. The lowest BCUT2D eigenvalue weighted by Gasteiger charge is -2.19. The maximum atomic E-state index is 11.9. The summed E-state index contributed by atoms with van der Waals surface area (Å²) in [6.45, 7) is 8.16. The Balaban J connectivity index is 2.56. The van der Waals surface area contributed by atoms with Crippen molar-refractivity contribution >= 4 is 5.91 Å². The van der Waals surface area contributed by atoms with E-state index in [4.69, 9.17) is 5.73 Å². The summed E-state index contributed by atoms with van der Waals surface area (Å²) in [5.41, 5.74) is 8.18. The molecule has 0 aromatic heterocycles. The van der Waals surface area contributed by atoms with Gasteiger partial charge in [-0.25, -0.2) is 0 Å². The van der Waals surface area contributed by atoms with Gasteiger partial charge in [0, 0.05) is 0 Å². The number of rotatable bonds is 5. The molecule has 1 aromatic rings. The molecule has 0 aliphatic carbocycles. The lowest BCUT2D eigenvalue weighted by molar-refractivity contribution is -0.123. The molecule has 0 bridgehead atoms. The molecular weight excluding hydrogens is 224 g/mol. The van der Waals surface area contributed by atoms with Crippen LogP contribution in [0.1, 0.15) is 44.4 Å². The SMILES string of the molecule is Cc1ccc(C(C)NC(=O)[C@@H](N)CC(C)C)cc1. The van der Waals surface area contributed by atoms with Gasteiger partial charge in [-0.05, 0) is 31.7 Å². The molecule has 1 amide bonds. The molecule has 18 heavy (non-hydrogen) atoms. The highest BCUT2D eigenvalue weighted by atomic mass is 16.2. The monoisotopic (exact) mass is 248 g/mol. The number of carbonyl (C=O) groups excluding carboxylic acids is 1. The fourth-order valence-corrected chi connectivity index (χ4v) is 1.87. The second-order valence-electron chi connectivity index (χ2n) is 5.38. The molecule has 1 aromatic carbocycles. The van der Waals surface area contributed by atoms with E-state index in [0.717, 1.165) is 5.56 Å². The third kappa shape index (κ3) is 4.49. The number of benzene rings is 1. The van der Waals surface area contributed by atoms with Crippen LogP contribution in [0.4, 0.5) is 0 Å². The molecule has 2 atom stereocenters. The molecular formula is C15H24N2O. The van der Waals surface area contributed by atoms with Crippen LogP contribution in [0.25, 0.3) is 0 Å². The Hall–Kier alpha value is -1.35. The molecule has 0 aliphatic rings. The summed E-state index contributed by atoms with van der Waals surface area (Å²) in [5, 5.41) is 2.96. The molecule has 100 valence electrons. The average Bonchev–Trinajstić information content (AvgIpc) is 2.28. The van der Waals surface area contributed by atoms with Crippen molar-refractivity contribution in [3.05, 3.63) is 35.4 Å². The smallest absolute Gasteiger partial charge is 0.237 e. The van der Waals surface area contributed by atoms with Crippen LogP contribution in [0.15, 0.2) is 24.3 Å². The topological polar surface area (TPSA) is 55.1 Å². The van der Waals surface area contributed by atoms with Gasteiger partial charge in [0.1, 0.15) is 0 Å². The molecule has 0 saturated heterocycles. The molecule has 0 radical (unpaired) electrons. The van der Waals surface area contributed by atoms with Crippen molar-refractivity contribution in [3.8, 4) is 0 Å². The van der Waals surface area contributed by atoms with E-state index in [1.54, 1.807) is 0 Å². The number of hydrogen-bond donors (Lipinski definition) is 2. The highest BCUT2D eigenvalue weighted by molar-refractivity contribution is 5.81. The highest BCUT2D eigenvalue weighted by Gasteiger charge is 2.17. The standard InChI is InChI=1S/C15H24N2O/c1-10(2)9-14(16)15(18)17-12(4)13-7-5-11(3)6-8-13/h5-8,10,12,14H,9,16H2,1-4H3,(H,17,18)/t12?,14-/m0/s1. The van der Waals surface area contributed by atoms with E-state index in [9.17, 15) is 4.79 Å². The zero-order valence-electron chi connectivity index (χ0n) is 11.7. The quantitative estimate of drug-likeness (QED) is 0.841. The van der Waals surface area contributed by atoms with Crippen LogP contribution in [0.2, 0.25) is 0 Å². The lowest BCUT2D eigenvalue weighted by Crippen LogP contribution is -2.42. The van der Waals surface area contributed by atoms with E-state index in [1.165, 1.54) is 5.56 Å². The summed E-state index contributed by atoms with van der Waals surface area (Å²) in [5.74, 6) is 0.359. The van der Waals surface area contributed by atoms with Gasteiger partial charge in [-0.15, -0.1) is 0 Å². The van der Waals surface area contributed by atoms with Crippen LogP contribution in [0.3, 0.4) is 0 Å². The van der Waals surface area contributed by atoms with Gasteiger partial charge >= 0.3 is 0 Å². The van der Waals surface area contributed by atoms with Crippen LogP contribution in [-0.2, 0) is 4.79 Å². The Bertz CT molecular complexity index is 384. The summed E-state index contributed by atoms with van der Waals surface area (Å²) in [6, 6.07) is 7.75. The van der Waals surface area contributed by atoms with Gasteiger partial charge in [-0.3, -0.25) is 4.79 Å². The lowest BCUT2D eigenvalue weighted by atomic mass is 10.0. The van der Waals surface area contributed by atoms with Crippen LogP contribution in [0.5, 0.6) is 0 Å². The number of hydrogen-bond acceptors (Lipinski definition) is 2. The fourth-order valence-electron chi connectivity index (χ4n) is 1.87. The van der Waals surface area contributed by atoms with Crippen LogP contribution in [-0.4, -0.2) is 11.9 Å². The third-order valence-corrected chi connectivity index (χ3v) is 3.00. The number of carbonyl (C=O) groups is 1. The van der Waals surface area contributed by atoms with Crippen molar-refractivity contribution in [1.29, 1.82) is 0 Å². The van der Waals surface area contributed by atoms with Gasteiger partial charge in [0.15, 0.2) is 0 Å². The Morgan fingerprint density at radius 2 is 1.78 bits per heavy atom. The first-order valence-electron chi connectivity index (χ1n) is 6.52. The number of nitrogens with two attached hydrogens (primary N) is 1. The first kappa shape index (κ1) is 14.7. The zero-order chi connectivity index (χ0) is 13.7. The molecule has 1 unspecified atom stereocenters. The van der Waals surface area contributed by atoms with Crippen LogP contribution < -0.4 is 11.1 Å². The maximum absolute atomic E-state index is 11.9. The van der Waals surface area contributed by atoms with Gasteiger partial charge in [0.2, 0.25) is 5.91 Å². The largest absolute Gasteiger partial charge is 0.348 e. The first-order chi connectivity index (χ1) is 8.40. The second-order valence-corrected chi connectivity index (χ2v) is 5.38. The zero-order valence-corrected chi connectivity index (χ0v) is 11.7. The predicted octanol–water partition coefficient (Wildman–Crippen LogP) is 2.55. The molecule has 3 N–H and O–H groups in total. The fraction of sp³-hybridized carbons (Fsp3) is 0.533. The minimum atomic E-state index is -0.419. The molecule has 1 rings (SSSR count). The molecule has 3 heteroatoms. The number of amides is 1. The first-order valence-corrected chi connectivity index (χ1v) is 6.52. The summed E-state index contributed by atoms with van der Waals surface area (Å²) >= 11 is 0. The molecule has 3 nitrogen and oxygen atoms in total. The Labute approximate surface area is 110 Å². The van der Waals surface area contributed by atoms with Crippen molar-refractivity contribution in [1.82, 2.24) is 5.32 Å². The highest BCUT2D eigenvalue weighted by Crippen LogP contribution is 2.13. The van der Waals surface area contributed by atoms with E-state index in [1.807, 2.05) is 38.1 Å². The normalized spacial score (nSPS) is 14.3. The van der Waals surface area contributed by atoms with Gasteiger partial charge < -0.3 is 11.1 Å². The van der Waals surface area contributed by atoms with E-state index in [0.29, 0.717) is 12.3 Å². The van der Waals surface area contributed by atoms with Gasteiger partial charge in [0.05, 0.1) is 12.1 Å². The van der Waals surface area contributed by atoms with Crippen molar-refractivity contribution in [2.75, 3.05) is 0 Å². The van der Waals surface area contributed by atoms with Gasteiger partial charge in [0.25, 0.3) is 0 Å². The maximum Gasteiger partial charge on any atom is 0.237 e. The Morgan fingerprint density at radius 1 is 1.22 bits per heavy atom. The van der Waals surface area contributed by atoms with Crippen molar-refractivity contribution in [2.24, 2.45) is 11.7 Å². The minimum absolute atomic E-state index is 0.00341. The van der Waals surface area contributed by atoms with E-state index < -0.39 is 6.04 Å². The minimum Gasteiger partial charge on any atom is -0.348 e. The summed E-state index contributed by atoms with van der Waals surface area (Å²) in [6.07, 6.45) is 0.715. The summed E-state index contributed by atoms with van der Waals surface area (Å²) in [7, 11) is 0. The van der Waals surface area contributed by atoms with Crippen molar-refractivity contribution in [2.45, 2.75) is 46.2 Å². The predicted molar refractivity (Wildman–Crippen MR) is 75.2 cm³/mol. The van der Waals surface area contributed by atoms with Crippen molar-refractivity contribution < 1.29 is 4.79 Å². The van der Waals surface area contributed by atoms with Crippen LogP contribution in [0, 0.1) is 12.8 Å². The van der Waals surface area contributed by atoms with E-state index in [-0.39, 0.29) is 11.9 Å². The molecule has 0 saturated carbocycles. The number of aryl methyl sites for hydroxylation is 1. The second kappa shape index (κ2) is 6.55. The van der Waals surface area contributed by atoms with E-state index >= 15 is 0 Å². The molecule has 0 fully saturated rings. The Kier molecular flexibility index (Phi) is 5.35. The molecule has 0 aliphatic heterocycles. The van der Waals surface area contributed by atoms with E-state index in [2.05, 4.69) is 19.2 Å².